The van der Waals surface area contributed by atoms with Crippen LogP contribution >= 0.6 is 22.9 Å². The quantitative estimate of drug-likeness (QED) is 0.797. The lowest BCUT2D eigenvalue weighted by atomic mass is 9.74. The average molecular weight is 300 g/mol. The normalized spacial score (nSPS) is 28.6. The summed E-state index contributed by atoms with van der Waals surface area (Å²) in [4.78, 5) is 1.48. The highest BCUT2D eigenvalue weighted by Gasteiger charge is 2.31. The van der Waals surface area contributed by atoms with Gasteiger partial charge < -0.3 is 5.32 Å². The van der Waals surface area contributed by atoms with Gasteiger partial charge in [0.05, 0.1) is 4.34 Å². The summed E-state index contributed by atoms with van der Waals surface area (Å²) in [7, 11) is 0. The van der Waals surface area contributed by atoms with Crippen molar-refractivity contribution in [2.75, 3.05) is 6.54 Å². The van der Waals surface area contributed by atoms with Gasteiger partial charge in [0.25, 0.3) is 0 Å². The van der Waals surface area contributed by atoms with E-state index in [-0.39, 0.29) is 5.54 Å². The van der Waals surface area contributed by atoms with E-state index >= 15 is 0 Å². The zero-order chi connectivity index (χ0) is 14.0. The SMILES string of the molecule is CC1CCC(CNC(C)(C)C)C(c2ccc(Cl)s2)C1. The first-order chi connectivity index (χ1) is 8.85. The molecule has 1 saturated carbocycles. The van der Waals surface area contributed by atoms with Crippen molar-refractivity contribution in [1.29, 1.82) is 0 Å². The molecule has 1 aliphatic carbocycles. The monoisotopic (exact) mass is 299 g/mol. The third-order valence-electron chi connectivity index (χ3n) is 4.11. The van der Waals surface area contributed by atoms with E-state index in [1.165, 1.54) is 24.1 Å². The van der Waals surface area contributed by atoms with Crippen LogP contribution in [0.3, 0.4) is 0 Å². The number of hydrogen-bond donors (Lipinski definition) is 1. The minimum absolute atomic E-state index is 0.209. The van der Waals surface area contributed by atoms with Gasteiger partial charge in [-0.25, -0.2) is 0 Å². The fourth-order valence-electron chi connectivity index (χ4n) is 3.00. The summed E-state index contributed by atoms with van der Waals surface area (Å²) in [5.41, 5.74) is 0.209. The molecule has 2 rings (SSSR count). The Morgan fingerprint density at radius 1 is 1.32 bits per heavy atom. The number of hydrogen-bond acceptors (Lipinski definition) is 2. The maximum atomic E-state index is 6.12. The van der Waals surface area contributed by atoms with Gasteiger partial charge in [0, 0.05) is 10.4 Å². The molecule has 0 amide bonds. The van der Waals surface area contributed by atoms with Crippen LogP contribution in [0.4, 0.5) is 0 Å². The van der Waals surface area contributed by atoms with Crippen LogP contribution in [0.25, 0.3) is 0 Å². The fraction of sp³-hybridized carbons (Fsp3) is 0.750. The lowest BCUT2D eigenvalue weighted by molar-refractivity contribution is 0.229. The molecule has 108 valence electrons. The Kier molecular flexibility index (Phi) is 4.97. The number of thiophene rings is 1. The smallest absolute Gasteiger partial charge is 0.0931 e. The second kappa shape index (κ2) is 6.15. The molecule has 1 aromatic heterocycles. The van der Waals surface area contributed by atoms with Crippen LogP contribution in [-0.4, -0.2) is 12.1 Å². The van der Waals surface area contributed by atoms with Crippen molar-refractivity contribution in [1.82, 2.24) is 5.32 Å². The molecule has 19 heavy (non-hydrogen) atoms. The topological polar surface area (TPSA) is 12.0 Å². The number of nitrogens with one attached hydrogen (secondary N) is 1. The minimum Gasteiger partial charge on any atom is -0.312 e. The molecule has 1 nitrogen and oxygen atoms in total. The largest absolute Gasteiger partial charge is 0.312 e. The second-order valence-corrected chi connectivity index (χ2v) is 8.80. The van der Waals surface area contributed by atoms with Crippen molar-refractivity contribution >= 4 is 22.9 Å². The Morgan fingerprint density at radius 3 is 2.63 bits per heavy atom. The Labute approximate surface area is 126 Å². The summed E-state index contributed by atoms with van der Waals surface area (Å²) < 4.78 is 0.927. The molecule has 1 heterocycles. The van der Waals surface area contributed by atoms with Gasteiger partial charge >= 0.3 is 0 Å². The van der Waals surface area contributed by atoms with Crippen LogP contribution in [0.2, 0.25) is 4.34 Å². The zero-order valence-corrected chi connectivity index (χ0v) is 14.1. The first kappa shape index (κ1) is 15.3. The molecule has 0 spiro atoms. The van der Waals surface area contributed by atoms with Crippen molar-refractivity contribution in [3.8, 4) is 0 Å². The van der Waals surface area contributed by atoms with Crippen LogP contribution in [0.5, 0.6) is 0 Å². The molecule has 0 radical (unpaired) electrons. The third-order valence-corrected chi connectivity index (χ3v) is 5.47. The maximum Gasteiger partial charge on any atom is 0.0931 e. The first-order valence-corrected chi connectivity index (χ1v) is 8.55. The van der Waals surface area contributed by atoms with Crippen LogP contribution < -0.4 is 5.32 Å². The van der Waals surface area contributed by atoms with E-state index in [1.54, 1.807) is 11.3 Å². The first-order valence-electron chi connectivity index (χ1n) is 7.35. The average Bonchev–Trinajstić information content (AvgIpc) is 2.73. The van der Waals surface area contributed by atoms with E-state index in [0.29, 0.717) is 5.92 Å². The Hall–Kier alpha value is -0.0500. The van der Waals surface area contributed by atoms with E-state index in [9.17, 15) is 0 Å². The van der Waals surface area contributed by atoms with E-state index in [4.69, 9.17) is 11.6 Å². The molecule has 0 aromatic carbocycles. The third kappa shape index (κ3) is 4.47. The summed E-state index contributed by atoms with van der Waals surface area (Å²) >= 11 is 7.89. The maximum absolute atomic E-state index is 6.12. The molecule has 3 heteroatoms. The number of halogens is 1. The van der Waals surface area contributed by atoms with Gasteiger partial charge in [0.15, 0.2) is 0 Å². The van der Waals surface area contributed by atoms with E-state index < -0.39 is 0 Å². The van der Waals surface area contributed by atoms with E-state index in [2.05, 4.69) is 45.1 Å². The predicted molar refractivity (Wildman–Crippen MR) is 86.3 cm³/mol. The van der Waals surface area contributed by atoms with Crippen LogP contribution in [0.15, 0.2) is 12.1 Å². The fourth-order valence-corrected chi connectivity index (χ4v) is 4.27. The molecule has 1 aliphatic rings. The van der Waals surface area contributed by atoms with Gasteiger partial charge in [-0.1, -0.05) is 24.9 Å². The van der Waals surface area contributed by atoms with Gasteiger partial charge in [-0.2, -0.15) is 0 Å². The zero-order valence-electron chi connectivity index (χ0n) is 12.5. The lowest BCUT2D eigenvalue weighted by Crippen LogP contribution is -2.41. The molecule has 0 aliphatic heterocycles. The van der Waals surface area contributed by atoms with E-state index in [1.807, 2.05) is 0 Å². The van der Waals surface area contributed by atoms with Crippen molar-refractivity contribution < 1.29 is 0 Å². The summed E-state index contributed by atoms with van der Waals surface area (Å²) in [6, 6.07) is 4.29. The molecular formula is C16H26ClNS. The molecule has 3 atom stereocenters. The molecule has 1 N–H and O–H groups in total. The predicted octanol–water partition coefficient (Wildman–Crippen LogP) is 5.31. The summed E-state index contributed by atoms with van der Waals surface area (Å²) in [6.07, 6.45) is 4.02. The highest BCUT2D eigenvalue weighted by molar-refractivity contribution is 7.16. The number of rotatable bonds is 3. The van der Waals surface area contributed by atoms with Gasteiger partial charge in [-0.3, -0.25) is 0 Å². The van der Waals surface area contributed by atoms with Crippen molar-refractivity contribution in [2.45, 2.75) is 58.4 Å². The molecule has 0 bridgehead atoms. The molecule has 1 fully saturated rings. The van der Waals surface area contributed by atoms with E-state index in [0.717, 1.165) is 22.7 Å². The Morgan fingerprint density at radius 2 is 2.05 bits per heavy atom. The van der Waals surface area contributed by atoms with Crippen LogP contribution in [-0.2, 0) is 0 Å². The highest BCUT2D eigenvalue weighted by atomic mass is 35.5. The van der Waals surface area contributed by atoms with Crippen molar-refractivity contribution in [2.24, 2.45) is 11.8 Å². The summed E-state index contributed by atoms with van der Waals surface area (Å²) in [6.45, 7) is 10.2. The van der Waals surface area contributed by atoms with Gasteiger partial charge in [0.1, 0.15) is 0 Å². The molecule has 3 unspecified atom stereocenters. The lowest BCUT2D eigenvalue weighted by Gasteiger charge is -2.36. The summed E-state index contributed by atoms with van der Waals surface area (Å²) in [5.74, 6) is 2.29. The van der Waals surface area contributed by atoms with Crippen LogP contribution in [0, 0.1) is 11.8 Å². The molecular weight excluding hydrogens is 274 g/mol. The minimum atomic E-state index is 0.209. The summed E-state index contributed by atoms with van der Waals surface area (Å²) in [5, 5.41) is 3.68. The standard InChI is InChI=1S/C16H26ClNS/c1-11-5-6-12(10-18-16(2,3)4)13(9-11)14-7-8-15(17)19-14/h7-8,11-13,18H,5-6,9-10H2,1-4H3. The van der Waals surface area contributed by atoms with Gasteiger partial charge in [-0.15, -0.1) is 11.3 Å². The Balaban J connectivity index is 2.06. The van der Waals surface area contributed by atoms with Crippen molar-refractivity contribution in [3.63, 3.8) is 0 Å². The molecule has 1 aromatic rings. The van der Waals surface area contributed by atoms with Gasteiger partial charge in [0.2, 0.25) is 0 Å². The van der Waals surface area contributed by atoms with Crippen LogP contribution in [0.1, 0.15) is 57.8 Å². The highest BCUT2D eigenvalue weighted by Crippen LogP contribution is 2.43. The molecule has 0 saturated heterocycles. The van der Waals surface area contributed by atoms with Crippen molar-refractivity contribution in [3.05, 3.63) is 21.3 Å². The second-order valence-electron chi connectivity index (χ2n) is 7.06. The Bertz CT molecular complexity index is 407. The van der Waals surface area contributed by atoms with Gasteiger partial charge in [-0.05, 0) is 70.0 Å².